The van der Waals surface area contributed by atoms with Crippen molar-refractivity contribution in [2.45, 2.75) is 50.8 Å². The molecule has 2 saturated heterocycles. The highest BCUT2D eigenvalue weighted by molar-refractivity contribution is 5.76. The largest absolute Gasteiger partial charge is 0.497 e. The second kappa shape index (κ2) is 6.70. The molecule has 2 aliphatic rings. The Labute approximate surface area is 142 Å². The summed E-state index contributed by atoms with van der Waals surface area (Å²) in [7, 11) is 3.06. The summed E-state index contributed by atoms with van der Waals surface area (Å²) in [6.07, 6.45) is 0.526. The standard InChI is InChI=1S/C18H25NO5/c1-12-13(2)24-18(23-12)9-16(17(20)22-4)19(11-18)10-14-5-7-15(21-3)8-6-14/h5-8,12-13,16H,9-11H2,1-4H3/t12?,13?,16-,18?/m1/s1. The van der Waals surface area contributed by atoms with Crippen molar-refractivity contribution in [3.8, 4) is 5.75 Å². The molecule has 2 unspecified atom stereocenters. The van der Waals surface area contributed by atoms with Gasteiger partial charge in [0.05, 0.1) is 33.0 Å². The number of benzene rings is 1. The zero-order valence-corrected chi connectivity index (χ0v) is 14.7. The SMILES string of the molecule is COC(=O)[C@H]1CC2(CN1Cc1ccc(OC)cc1)OC(C)C(C)O2. The van der Waals surface area contributed by atoms with Gasteiger partial charge in [-0.25, -0.2) is 0 Å². The summed E-state index contributed by atoms with van der Waals surface area (Å²) in [5.74, 6) is -0.157. The first kappa shape index (κ1) is 17.2. The summed E-state index contributed by atoms with van der Waals surface area (Å²) >= 11 is 0. The van der Waals surface area contributed by atoms with Gasteiger partial charge in [0, 0.05) is 13.0 Å². The van der Waals surface area contributed by atoms with Crippen LogP contribution in [0.3, 0.4) is 0 Å². The van der Waals surface area contributed by atoms with Crippen molar-refractivity contribution in [1.29, 1.82) is 0 Å². The number of rotatable bonds is 4. The molecule has 1 aromatic carbocycles. The average molecular weight is 335 g/mol. The predicted molar refractivity (Wildman–Crippen MR) is 87.7 cm³/mol. The van der Waals surface area contributed by atoms with E-state index in [9.17, 15) is 4.79 Å². The number of likely N-dealkylation sites (tertiary alicyclic amines) is 1. The average Bonchev–Trinajstić information content (AvgIpc) is 3.06. The number of carbonyl (C=O) groups excluding carboxylic acids is 1. The summed E-state index contributed by atoms with van der Waals surface area (Å²) in [6.45, 7) is 5.17. The number of methoxy groups -OCH3 is 2. The van der Waals surface area contributed by atoms with Gasteiger partial charge >= 0.3 is 5.97 Å². The summed E-state index contributed by atoms with van der Waals surface area (Å²) < 4.78 is 22.3. The molecule has 0 saturated carbocycles. The molecule has 6 nitrogen and oxygen atoms in total. The third-order valence-electron chi connectivity index (χ3n) is 4.87. The fraction of sp³-hybridized carbons (Fsp3) is 0.611. The topological polar surface area (TPSA) is 57.2 Å². The second-order valence-electron chi connectivity index (χ2n) is 6.55. The van der Waals surface area contributed by atoms with Gasteiger partial charge in [0.25, 0.3) is 0 Å². The van der Waals surface area contributed by atoms with Crippen LogP contribution in [0.25, 0.3) is 0 Å². The van der Waals surface area contributed by atoms with Gasteiger partial charge in [-0.2, -0.15) is 0 Å². The van der Waals surface area contributed by atoms with E-state index in [0.29, 0.717) is 19.5 Å². The maximum Gasteiger partial charge on any atom is 0.323 e. The zero-order valence-electron chi connectivity index (χ0n) is 14.7. The number of esters is 1. The molecule has 3 atom stereocenters. The fourth-order valence-electron chi connectivity index (χ4n) is 3.48. The van der Waals surface area contributed by atoms with E-state index in [0.717, 1.165) is 11.3 Å². The van der Waals surface area contributed by atoms with E-state index in [1.54, 1.807) is 7.11 Å². The smallest absolute Gasteiger partial charge is 0.323 e. The van der Waals surface area contributed by atoms with Crippen LogP contribution in [0.5, 0.6) is 5.75 Å². The van der Waals surface area contributed by atoms with Crippen LogP contribution in [0.15, 0.2) is 24.3 Å². The molecule has 1 aromatic rings. The highest BCUT2D eigenvalue weighted by Gasteiger charge is 2.54. The first-order valence-electron chi connectivity index (χ1n) is 8.27. The molecule has 0 radical (unpaired) electrons. The third-order valence-corrected chi connectivity index (χ3v) is 4.87. The van der Waals surface area contributed by atoms with Crippen molar-refractivity contribution < 1.29 is 23.7 Å². The summed E-state index contributed by atoms with van der Waals surface area (Å²) in [6, 6.07) is 7.47. The van der Waals surface area contributed by atoms with E-state index < -0.39 is 5.79 Å². The summed E-state index contributed by atoms with van der Waals surface area (Å²) in [5, 5.41) is 0. The quantitative estimate of drug-likeness (QED) is 0.784. The lowest BCUT2D eigenvalue weighted by Crippen LogP contribution is -2.37. The number of hydrogen-bond acceptors (Lipinski definition) is 6. The van der Waals surface area contributed by atoms with Gasteiger partial charge in [-0.05, 0) is 31.5 Å². The van der Waals surface area contributed by atoms with Gasteiger partial charge < -0.3 is 18.9 Å². The maximum absolute atomic E-state index is 12.2. The Morgan fingerprint density at radius 1 is 1.21 bits per heavy atom. The van der Waals surface area contributed by atoms with E-state index in [-0.39, 0.29) is 24.2 Å². The first-order chi connectivity index (χ1) is 11.5. The van der Waals surface area contributed by atoms with Crippen LogP contribution < -0.4 is 4.74 Å². The lowest BCUT2D eigenvalue weighted by Gasteiger charge is -2.23. The first-order valence-corrected chi connectivity index (χ1v) is 8.27. The van der Waals surface area contributed by atoms with Crippen LogP contribution >= 0.6 is 0 Å². The Morgan fingerprint density at radius 2 is 1.83 bits per heavy atom. The molecule has 2 aliphatic heterocycles. The zero-order chi connectivity index (χ0) is 17.3. The van der Waals surface area contributed by atoms with Crippen molar-refractivity contribution >= 4 is 5.97 Å². The van der Waals surface area contributed by atoms with Crippen LogP contribution in [0.1, 0.15) is 25.8 Å². The molecule has 6 heteroatoms. The van der Waals surface area contributed by atoms with Crippen LogP contribution in [0.4, 0.5) is 0 Å². The lowest BCUT2D eigenvalue weighted by molar-refractivity contribution is -0.164. The molecule has 0 aromatic heterocycles. The molecule has 2 fully saturated rings. The minimum Gasteiger partial charge on any atom is -0.497 e. The van der Waals surface area contributed by atoms with E-state index in [1.165, 1.54) is 7.11 Å². The summed E-state index contributed by atoms with van der Waals surface area (Å²) in [5.41, 5.74) is 1.10. The molecule has 1 spiro atoms. The van der Waals surface area contributed by atoms with Gasteiger partial charge in [-0.1, -0.05) is 12.1 Å². The van der Waals surface area contributed by atoms with Crippen molar-refractivity contribution in [3.63, 3.8) is 0 Å². The van der Waals surface area contributed by atoms with Crippen LogP contribution in [-0.4, -0.2) is 55.7 Å². The molecular formula is C18H25NO5. The molecule has 3 rings (SSSR count). The number of carbonyl (C=O) groups is 1. The number of nitrogens with zero attached hydrogens (tertiary/aromatic N) is 1. The van der Waals surface area contributed by atoms with E-state index in [4.69, 9.17) is 18.9 Å². The molecule has 0 amide bonds. The fourth-order valence-corrected chi connectivity index (χ4v) is 3.48. The van der Waals surface area contributed by atoms with Crippen LogP contribution in [0, 0.1) is 0 Å². The van der Waals surface area contributed by atoms with Crippen molar-refractivity contribution in [2.75, 3.05) is 20.8 Å². The normalized spacial score (nSPS) is 33.1. The monoisotopic (exact) mass is 335 g/mol. The molecule has 132 valence electrons. The van der Waals surface area contributed by atoms with E-state index >= 15 is 0 Å². The van der Waals surface area contributed by atoms with E-state index in [2.05, 4.69) is 4.90 Å². The molecular weight excluding hydrogens is 310 g/mol. The van der Waals surface area contributed by atoms with Crippen molar-refractivity contribution in [2.24, 2.45) is 0 Å². The summed E-state index contributed by atoms with van der Waals surface area (Å²) in [4.78, 5) is 14.3. The Hall–Kier alpha value is -1.63. The van der Waals surface area contributed by atoms with Gasteiger partial charge in [0.15, 0.2) is 5.79 Å². The lowest BCUT2D eigenvalue weighted by atomic mass is 10.1. The van der Waals surface area contributed by atoms with Gasteiger partial charge in [0.1, 0.15) is 11.8 Å². The Morgan fingerprint density at radius 3 is 2.38 bits per heavy atom. The van der Waals surface area contributed by atoms with E-state index in [1.807, 2.05) is 38.1 Å². The highest BCUT2D eigenvalue weighted by atomic mass is 16.8. The Kier molecular flexibility index (Phi) is 4.80. The molecule has 0 bridgehead atoms. The predicted octanol–water partition coefficient (Wildman–Crippen LogP) is 1.96. The Balaban J connectivity index is 1.77. The molecule has 0 N–H and O–H groups in total. The molecule has 2 heterocycles. The Bertz CT molecular complexity index is 578. The molecule has 24 heavy (non-hydrogen) atoms. The van der Waals surface area contributed by atoms with Gasteiger partial charge in [-0.3, -0.25) is 9.69 Å². The van der Waals surface area contributed by atoms with Gasteiger partial charge in [0.2, 0.25) is 0 Å². The van der Waals surface area contributed by atoms with Crippen LogP contribution in [-0.2, 0) is 25.5 Å². The molecule has 0 aliphatic carbocycles. The number of hydrogen-bond donors (Lipinski definition) is 0. The van der Waals surface area contributed by atoms with Crippen LogP contribution in [0.2, 0.25) is 0 Å². The maximum atomic E-state index is 12.2. The minimum absolute atomic E-state index is 0.0178. The minimum atomic E-state index is -0.718. The van der Waals surface area contributed by atoms with Gasteiger partial charge in [-0.15, -0.1) is 0 Å². The highest BCUT2D eigenvalue weighted by Crippen LogP contribution is 2.40. The van der Waals surface area contributed by atoms with Crippen molar-refractivity contribution in [3.05, 3.63) is 29.8 Å². The number of ether oxygens (including phenoxy) is 4. The van der Waals surface area contributed by atoms with Crippen molar-refractivity contribution in [1.82, 2.24) is 4.90 Å². The second-order valence-corrected chi connectivity index (χ2v) is 6.55. The third kappa shape index (κ3) is 3.27.